The molecule has 6 nitrogen and oxygen atoms in total. The smallest absolute Gasteiger partial charge is 0.242 e. The maximum absolute atomic E-state index is 13.1. The van der Waals surface area contributed by atoms with E-state index in [1.54, 1.807) is 35.2 Å². The van der Waals surface area contributed by atoms with Gasteiger partial charge < -0.3 is 14.5 Å². The van der Waals surface area contributed by atoms with Crippen molar-refractivity contribution in [2.24, 2.45) is 0 Å². The minimum atomic E-state index is -0.266. The molecule has 1 heterocycles. The molecule has 0 N–H and O–H groups in total. The van der Waals surface area contributed by atoms with E-state index in [4.69, 9.17) is 4.74 Å². The van der Waals surface area contributed by atoms with Crippen LogP contribution in [0.25, 0.3) is 0 Å². The van der Waals surface area contributed by atoms with Crippen LogP contribution in [0.3, 0.4) is 0 Å². The van der Waals surface area contributed by atoms with Crippen LogP contribution >= 0.6 is 0 Å². The zero-order valence-electron chi connectivity index (χ0n) is 16.1. The molecule has 148 valence electrons. The molecule has 0 bridgehead atoms. The first-order valence-electron chi connectivity index (χ1n) is 9.19. The molecule has 0 radical (unpaired) electrons. The number of nitrogens with zero attached hydrogens (tertiary/aromatic N) is 3. The molecule has 28 heavy (non-hydrogen) atoms. The third-order valence-corrected chi connectivity index (χ3v) is 4.87. The SMILES string of the molecule is COc1ccccc1N(CC(=O)N1CCN(c2ccc(F)cc2)CC1)C(C)=O. The Morgan fingerprint density at radius 2 is 1.68 bits per heavy atom. The molecule has 0 saturated carbocycles. The van der Waals surface area contributed by atoms with Crippen LogP contribution in [0.5, 0.6) is 5.75 Å². The summed E-state index contributed by atoms with van der Waals surface area (Å²) < 4.78 is 18.4. The average Bonchev–Trinajstić information content (AvgIpc) is 2.72. The lowest BCUT2D eigenvalue weighted by molar-refractivity contribution is -0.131. The quantitative estimate of drug-likeness (QED) is 0.794. The molecule has 0 atom stereocenters. The normalized spacial score (nSPS) is 14.0. The van der Waals surface area contributed by atoms with E-state index >= 15 is 0 Å². The van der Waals surface area contributed by atoms with Crippen molar-refractivity contribution in [3.63, 3.8) is 0 Å². The lowest BCUT2D eigenvalue weighted by atomic mass is 10.2. The number of hydrogen-bond acceptors (Lipinski definition) is 4. The van der Waals surface area contributed by atoms with Gasteiger partial charge in [0.2, 0.25) is 11.8 Å². The Morgan fingerprint density at radius 1 is 1.04 bits per heavy atom. The number of anilines is 2. The highest BCUT2D eigenvalue weighted by Gasteiger charge is 2.25. The third-order valence-electron chi connectivity index (χ3n) is 4.87. The van der Waals surface area contributed by atoms with E-state index in [0.29, 0.717) is 37.6 Å². The molecule has 2 aromatic carbocycles. The van der Waals surface area contributed by atoms with Crippen molar-refractivity contribution in [2.45, 2.75) is 6.92 Å². The van der Waals surface area contributed by atoms with Gasteiger partial charge in [0.15, 0.2) is 0 Å². The van der Waals surface area contributed by atoms with Gasteiger partial charge in [-0.1, -0.05) is 12.1 Å². The number of methoxy groups -OCH3 is 1. The van der Waals surface area contributed by atoms with E-state index in [1.165, 1.54) is 31.1 Å². The summed E-state index contributed by atoms with van der Waals surface area (Å²) in [4.78, 5) is 30.3. The van der Waals surface area contributed by atoms with Gasteiger partial charge in [-0.25, -0.2) is 4.39 Å². The molecule has 1 saturated heterocycles. The summed E-state index contributed by atoms with van der Waals surface area (Å²) >= 11 is 0. The number of piperazine rings is 1. The van der Waals surface area contributed by atoms with Gasteiger partial charge in [-0.3, -0.25) is 14.5 Å². The van der Waals surface area contributed by atoms with Gasteiger partial charge in [-0.15, -0.1) is 0 Å². The van der Waals surface area contributed by atoms with E-state index in [2.05, 4.69) is 4.90 Å². The molecular weight excluding hydrogens is 361 g/mol. The van der Waals surface area contributed by atoms with Crippen LogP contribution < -0.4 is 14.5 Å². The van der Waals surface area contributed by atoms with E-state index in [9.17, 15) is 14.0 Å². The summed E-state index contributed by atoms with van der Waals surface area (Å²) in [5, 5.41) is 0. The van der Waals surface area contributed by atoms with Crippen molar-refractivity contribution in [3.05, 3.63) is 54.3 Å². The minimum absolute atomic E-state index is 0.0355. The fourth-order valence-corrected chi connectivity index (χ4v) is 3.32. The number of benzene rings is 2. The third kappa shape index (κ3) is 4.42. The molecule has 0 unspecified atom stereocenters. The first kappa shape index (κ1) is 19.7. The molecule has 0 aromatic heterocycles. The van der Waals surface area contributed by atoms with Crippen LogP contribution in [0.4, 0.5) is 15.8 Å². The van der Waals surface area contributed by atoms with E-state index in [0.717, 1.165) is 5.69 Å². The van der Waals surface area contributed by atoms with Gasteiger partial charge in [-0.2, -0.15) is 0 Å². The number of carbonyl (C=O) groups is 2. The van der Waals surface area contributed by atoms with Crippen molar-refractivity contribution < 1.29 is 18.7 Å². The van der Waals surface area contributed by atoms with Crippen LogP contribution in [0, 0.1) is 5.82 Å². The molecule has 1 aliphatic heterocycles. The second kappa shape index (κ2) is 8.73. The van der Waals surface area contributed by atoms with Gasteiger partial charge in [0, 0.05) is 38.8 Å². The highest BCUT2D eigenvalue weighted by molar-refractivity contribution is 5.98. The highest BCUT2D eigenvalue weighted by Crippen LogP contribution is 2.28. The van der Waals surface area contributed by atoms with E-state index in [1.807, 2.05) is 6.07 Å². The Balaban J connectivity index is 1.64. The number of para-hydroxylation sites is 2. The summed E-state index contributed by atoms with van der Waals surface area (Å²) in [6.07, 6.45) is 0. The van der Waals surface area contributed by atoms with Gasteiger partial charge in [0.25, 0.3) is 0 Å². The maximum Gasteiger partial charge on any atom is 0.242 e. The standard InChI is InChI=1S/C21H24FN3O3/c1-16(26)25(19-5-3-4-6-20(19)28-2)15-21(27)24-13-11-23(12-14-24)18-9-7-17(22)8-10-18/h3-10H,11-15H2,1-2H3. The van der Waals surface area contributed by atoms with Gasteiger partial charge >= 0.3 is 0 Å². The zero-order valence-corrected chi connectivity index (χ0v) is 16.1. The van der Waals surface area contributed by atoms with Crippen LogP contribution in [-0.2, 0) is 9.59 Å². The number of hydrogen-bond donors (Lipinski definition) is 0. The molecule has 2 amide bonds. The van der Waals surface area contributed by atoms with Gasteiger partial charge in [0.1, 0.15) is 18.1 Å². The second-order valence-electron chi connectivity index (χ2n) is 6.62. The van der Waals surface area contributed by atoms with Crippen molar-refractivity contribution in [1.82, 2.24) is 4.90 Å². The largest absolute Gasteiger partial charge is 0.495 e. The van der Waals surface area contributed by atoms with Crippen molar-refractivity contribution in [2.75, 3.05) is 49.6 Å². The Bertz CT molecular complexity index is 833. The molecule has 1 fully saturated rings. The fraction of sp³-hybridized carbons (Fsp3) is 0.333. The molecule has 0 spiro atoms. The number of rotatable bonds is 5. The van der Waals surface area contributed by atoms with Gasteiger partial charge in [-0.05, 0) is 36.4 Å². The summed E-state index contributed by atoms with van der Waals surface area (Å²) in [5.41, 5.74) is 1.52. The monoisotopic (exact) mass is 385 g/mol. The topological polar surface area (TPSA) is 53.1 Å². The van der Waals surface area contributed by atoms with Crippen molar-refractivity contribution in [3.8, 4) is 5.75 Å². The second-order valence-corrected chi connectivity index (χ2v) is 6.62. The van der Waals surface area contributed by atoms with Crippen LogP contribution in [0.2, 0.25) is 0 Å². The van der Waals surface area contributed by atoms with Gasteiger partial charge in [0.05, 0.1) is 12.8 Å². The first-order chi connectivity index (χ1) is 13.5. The fourth-order valence-electron chi connectivity index (χ4n) is 3.32. The number of halogens is 1. The van der Waals surface area contributed by atoms with Crippen LogP contribution in [-0.4, -0.2) is 56.5 Å². The predicted molar refractivity (Wildman–Crippen MR) is 106 cm³/mol. The first-order valence-corrected chi connectivity index (χ1v) is 9.19. The lowest BCUT2D eigenvalue weighted by Gasteiger charge is -2.37. The average molecular weight is 385 g/mol. The predicted octanol–water partition coefficient (Wildman–Crippen LogP) is 2.54. The van der Waals surface area contributed by atoms with Crippen molar-refractivity contribution >= 4 is 23.2 Å². The Labute approximate surface area is 164 Å². The van der Waals surface area contributed by atoms with Crippen LogP contribution in [0.1, 0.15) is 6.92 Å². The summed E-state index contributed by atoms with van der Waals surface area (Å²) in [6.45, 7) is 3.82. The molecule has 3 rings (SSSR count). The lowest BCUT2D eigenvalue weighted by Crippen LogP contribution is -2.51. The van der Waals surface area contributed by atoms with E-state index < -0.39 is 0 Å². The number of ether oxygens (including phenoxy) is 1. The Kier molecular flexibility index (Phi) is 6.13. The zero-order chi connectivity index (χ0) is 20.1. The Morgan fingerprint density at radius 3 is 2.29 bits per heavy atom. The molecule has 0 aliphatic carbocycles. The molecular formula is C21H24FN3O3. The summed E-state index contributed by atoms with van der Waals surface area (Å²) in [5.74, 6) is -0.0486. The molecule has 1 aliphatic rings. The van der Waals surface area contributed by atoms with Crippen LogP contribution in [0.15, 0.2) is 48.5 Å². The highest BCUT2D eigenvalue weighted by atomic mass is 19.1. The number of amides is 2. The Hall–Kier alpha value is -3.09. The molecule has 2 aromatic rings. The molecule has 7 heteroatoms. The van der Waals surface area contributed by atoms with E-state index in [-0.39, 0.29) is 24.2 Å². The summed E-state index contributed by atoms with van der Waals surface area (Å²) in [6, 6.07) is 13.5. The van der Waals surface area contributed by atoms with Crippen molar-refractivity contribution in [1.29, 1.82) is 0 Å². The number of carbonyl (C=O) groups excluding carboxylic acids is 2. The minimum Gasteiger partial charge on any atom is -0.495 e. The maximum atomic E-state index is 13.1. The summed E-state index contributed by atoms with van der Waals surface area (Å²) in [7, 11) is 1.54.